The van der Waals surface area contributed by atoms with Crippen LogP contribution in [0.2, 0.25) is 0 Å². The van der Waals surface area contributed by atoms with Gasteiger partial charge in [-0.25, -0.2) is 0 Å². The van der Waals surface area contributed by atoms with Crippen molar-refractivity contribution < 1.29 is 4.74 Å². The van der Waals surface area contributed by atoms with Crippen molar-refractivity contribution in [1.29, 1.82) is 0 Å². The van der Waals surface area contributed by atoms with Crippen molar-refractivity contribution in [3.05, 3.63) is 28.8 Å². The van der Waals surface area contributed by atoms with Gasteiger partial charge < -0.3 is 4.74 Å². The number of hydrogen-bond acceptors (Lipinski definition) is 1. The van der Waals surface area contributed by atoms with Crippen molar-refractivity contribution in [3.63, 3.8) is 0 Å². The van der Waals surface area contributed by atoms with Crippen LogP contribution in [0.3, 0.4) is 0 Å². The van der Waals surface area contributed by atoms with Crippen LogP contribution in [0.4, 0.5) is 0 Å². The van der Waals surface area contributed by atoms with Crippen LogP contribution in [0.5, 0.6) is 5.75 Å². The zero-order valence-electron chi connectivity index (χ0n) is 12.9. The van der Waals surface area contributed by atoms with Crippen LogP contribution in [0.15, 0.2) is 12.1 Å². The molecule has 3 unspecified atom stereocenters. The summed E-state index contributed by atoms with van der Waals surface area (Å²) in [6.07, 6.45) is 3.72. The van der Waals surface area contributed by atoms with E-state index in [-0.39, 0.29) is 5.60 Å². The molecule has 0 spiro atoms. The Kier molecular flexibility index (Phi) is 2.92. The summed E-state index contributed by atoms with van der Waals surface area (Å²) in [5.41, 5.74) is 4.24. The number of benzene rings is 1. The van der Waals surface area contributed by atoms with Gasteiger partial charge in [-0.1, -0.05) is 31.5 Å². The first-order valence-electron chi connectivity index (χ1n) is 7.70. The molecule has 1 heterocycles. The Morgan fingerprint density at radius 1 is 1.26 bits per heavy atom. The third-order valence-corrected chi connectivity index (χ3v) is 5.23. The minimum Gasteiger partial charge on any atom is -0.487 e. The van der Waals surface area contributed by atoms with Crippen LogP contribution in [0.1, 0.15) is 62.6 Å². The molecule has 3 atom stereocenters. The topological polar surface area (TPSA) is 9.23 Å². The fourth-order valence-electron chi connectivity index (χ4n) is 4.27. The maximum absolute atomic E-state index is 6.40. The molecular weight excluding hydrogens is 232 g/mol. The zero-order valence-corrected chi connectivity index (χ0v) is 12.9. The molecule has 2 bridgehead atoms. The van der Waals surface area contributed by atoms with Crippen LogP contribution in [0.25, 0.3) is 0 Å². The molecule has 1 fully saturated rings. The van der Waals surface area contributed by atoms with E-state index in [0.29, 0.717) is 5.92 Å². The van der Waals surface area contributed by atoms with Gasteiger partial charge in [-0.15, -0.1) is 0 Å². The van der Waals surface area contributed by atoms with E-state index in [4.69, 9.17) is 4.74 Å². The Morgan fingerprint density at radius 3 is 2.68 bits per heavy atom. The van der Waals surface area contributed by atoms with Crippen LogP contribution in [-0.4, -0.2) is 5.60 Å². The van der Waals surface area contributed by atoms with Gasteiger partial charge in [-0.05, 0) is 68.9 Å². The standard InChI is InChI=1S/C18H26O/c1-11(2)14-6-7-18(5)10-16(14)15-9-12(3)8-13(4)17(15)19-18/h8-9,11,14,16H,6-7,10H2,1-5H3. The molecule has 0 saturated heterocycles. The van der Waals surface area contributed by atoms with Gasteiger partial charge in [0.25, 0.3) is 0 Å². The lowest BCUT2D eigenvalue weighted by Crippen LogP contribution is -2.45. The minimum absolute atomic E-state index is 0.0725. The lowest BCUT2D eigenvalue weighted by Gasteiger charge is -2.49. The van der Waals surface area contributed by atoms with E-state index in [1.165, 1.54) is 41.7 Å². The van der Waals surface area contributed by atoms with Crippen LogP contribution < -0.4 is 4.74 Å². The monoisotopic (exact) mass is 258 g/mol. The lowest BCUT2D eigenvalue weighted by atomic mass is 9.64. The third kappa shape index (κ3) is 2.07. The van der Waals surface area contributed by atoms with Gasteiger partial charge in [0.05, 0.1) is 0 Å². The minimum atomic E-state index is 0.0725. The summed E-state index contributed by atoms with van der Waals surface area (Å²) in [6.45, 7) is 11.5. The van der Waals surface area contributed by atoms with E-state index in [1.807, 2.05) is 0 Å². The quantitative estimate of drug-likeness (QED) is 0.689. The van der Waals surface area contributed by atoms with Crippen LogP contribution in [0, 0.1) is 25.7 Å². The molecule has 1 aromatic rings. The van der Waals surface area contributed by atoms with Crippen molar-refractivity contribution in [1.82, 2.24) is 0 Å². The second-order valence-corrected chi connectivity index (χ2v) is 7.31. The Bertz CT molecular complexity index is 503. The van der Waals surface area contributed by atoms with Crippen molar-refractivity contribution in [2.45, 2.75) is 65.4 Å². The number of ether oxygens (including phenoxy) is 1. The average molecular weight is 258 g/mol. The lowest BCUT2D eigenvalue weighted by molar-refractivity contribution is -0.00830. The molecule has 3 rings (SSSR count). The highest BCUT2D eigenvalue weighted by Gasteiger charge is 2.45. The average Bonchev–Trinajstić information content (AvgIpc) is 2.30. The van der Waals surface area contributed by atoms with E-state index in [1.54, 1.807) is 0 Å². The summed E-state index contributed by atoms with van der Waals surface area (Å²) in [4.78, 5) is 0. The Morgan fingerprint density at radius 2 is 2.00 bits per heavy atom. The largest absolute Gasteiger partial charge is 0.487 e. The predicted octanol–water partition coefficient (Wildman–Crippen LogP) is 4.99. The molecule has 1 aliphatic heterocycles. The first-order valence-corrected chi connectivity index (χ1v) is 7.70. The summed E-state index contributed by atoms with van der Waals surface area (Å²) in [5, 5.41) is 0. The molecule has 19 heavy (non-hydrogen) atoms. The SMILES string of the molecule is Cc1cc(C)c2c(c1)C1CC(C)(CCC1C(C)C)O2. The summed E-state index contributed by atoms with van der Waals surface area (Å²) in [7, 11) is 0. The molecule has 0 amide bonds. The normalized spacial score (nSPS) is 32.9. The van der Waals surface area contributed by atoms with E-state index >= 15 is 0 Å². The molecule has 0 N–H and O–H groups in total. The van der Waals surface area contributed by atoms with Gasteiger partial charge >= 0.3 is 0 Å². The highest BCUT2D eigenvalue weighted by molar-refractivity contribution is 5.48. The van der Waals surface area contributed by atoms with E-state index in [0.717, 1.165) is 11.8 Å². The molecule has 1 saturated carbocycles. The smallest absolute Gasteiger partial charge is 0.126 e. The van der Waals surface area contributed by atoms with Gasteiger partial charge in [0.1, 0.15) is 11.4 Å². The molecule has 1 heteroatoms. The maximum atomic E-state index is 6.40. The molecule has 0 aromatic heterocycles. The summed E-state index contributed by atoms with van der Waals surface area (Å²) in [5.74, 6) is 3.47. The van der Waals surface area contributed by atoms with Crippen molar-refractivity contribution in [3.8, 4) is 5.75 Å². The molecule has 1 aliphatic carbocycles. The third-order valence-electron chi connectivity index (χ3n) is 5.23. The van der Waals surface area contributed by atoms with Crippen molar-refractivity contribution >= 4 is 0 Å². The summed E-state index contributed by atoms with van der Waals surface area (Å²) >= 11 is 0. The van der Waals surface area contributed by atoms with Gasteiger partial charge in [0.15, 0.2) is 0 Å². The second-order valence-electron chi connectivity index (χ2n) is 7.31. The van der Waals surface area contributed by atoms with E-state index in [2.05, 4.69) is 46.8 Å². The number of rotatable bonds is 1. The van der Waals surface area contributed by atoms with Crippen LogP contribution >= 0.6 is 0 Å². The predicted molar refractivity (Wildman–Crippen MR) is 79.9 cm³/mol. The highest BCUT2D eigenvalue weighted by Crippen LogP contribution is 2.54. The number of hydrogen-bond donors (Lipinski definition) is 0. The molecule has 104 valence electrons. The summed E-state index contributed by atoms with van der Waals surface area (Å²) in [6, 6.07) is 4.63. The van der Waals surface area contributed by atoms with Gasteiger partial charge in [-0.2, -0.15) is 0 Å². The van der Waals surface area contributed by atoms with Crippen LogP contribution in [-0.2, 0) is 0 Å². The summed E-state index contributed by atoms with van der Waals surface area (Å²) < 4.78 is 6.40. The van der Waals surface area contributed by atoms with Gasteiger partial charge in [-0.3, -0.25) is 0 Å². The number of fused-ring (bicyclic) bond motifs is 4. The molecule has 1 aromatic carbocycles. The molecule has 1 nitrogen and oxygen atoms in total. The zero-order chi connectivity index (χ0) is 13.8. The van der Waals surface area contributed by atoms with Gasteiger partial charge in [0, 0.05) is 0 Å². The first kappa shape index (κ1) is 13.0. The molecular formula is C18H26O. The Hall–Kier alpha value is -0.980. The second kappa shape index (κ2) is 4.26. The fourth-order valence-corrected chi connectivity index (χ4v) is 4.27. The maximum Gasteiger partial charge on any atom is 0.126 e. The molecule has 2 aliphatic rings. The fraction of sp³-hybridized carbons (Fsp3) is 0.667. The van der Waals surface area contributed by atoms with Crippen molar-refractivity contribution in [2.24, 2.45) is 11.8 Å². The van der Waals surface area contributed by atoms with E-state index in [9.17, 15) is 0 Å². The van der Waals surface area contributed by atoms with Crippen molar-refractivity contribution in [2.75, 3.05) is 0 Å². The highest BCUT2D eigenvalue weighted by atomic mass is 16.5. The Labute approximate surface area is 117 Å². The van der Waals surface area contributed by atoms with E-state index < -0.39 is 0 Å². The first-order chi connectivity index (χ1) is 8.89. The number of aryl methyl sites for hydroxylation is 2. The Balaban J connectivity index is 2.12. The molecule has 0 radical (unpaired) electrons. The van der Waals surface area contributed by atoms with Gasteiger partial charge in [0.2, 0.25) is 0 Å².